The average molecular weight is 310 g/mol. The van der Waals surface area contributed by atoms with Crippen LogP contribution in [-0.2, 0) is 6.54 Å². The fourth-order valence-electron chi connectivity index (χ4n) is 2.09. The third-order valence-electron chi connectivity index (χ3n) is 3.16. The Morgan fingerprint density at radius 3 is 2.20 bits per heavy atom. The van der Waals surface area contributed by atoms with Crippen molar-refractivity contribution >= 4 is 23.2 Å². The van der Waals surface area contributed by atoms with Crippen LogP contribution >= 0.6 is 23.2 Å². The number of halogens is 2. The number of nitrogens with zero attached hydrogens (tertiary/aromatic N) is 1. The van der Waals surface area contributed by atoms with Crippen molar-refractivity contribution in [2.24, 2.45) is 0 Å². The molecule has 1 atom stereocenters. The number of benzene rings is 2. The van der Waals surface area contributed by atoms with E-state index >= 15 is 0 Å². The fourth-order valence-corrected chi connectivity index (χ4v) is 2.61. The molecule has 0 radical (unpaired) electrons. The zero-order chi connectivity index (χ0) is 14.5. The first-order valence-corrected chi connectivity index (χ1v) is 7.18. The highest BCUT2D eigenvalue weighted by Gasteiger charge is 2.13. The lowest BCUT2D eigenvalue weighted by atomic mass is 10.1. The summed E-state index contributed by atoms with van der Waals surface area (Å²) >= 11 is 12.3. The van der Waals surface area contributed by atoms with Crippen LogP contribution in [0.4, 0.5) is 0 Å². The van der Waals surface area contributed by atoms with Gasteiger partial charge in [0.15, 0.2) is 0 Å². The predicted molar refractivity (Wildman–Crippen MR) is 84.2 cm³/mol. The number of aliphatic hydroxyl groups is 1. The summed E-state index contributed by atoms with van der Waals surface area (Å²) in [7, 11) is 1.94. The second kappa shape index (κ2) is 7.09. The molecule has 0 unspecified atom stereocenters. The fraction of sp³-hybridized carbons (Fsp3) is 0.250. The highest BCUT2D eigenvalue weighted by Crippen LogP contribution is 2.26. The second-order valence-corrected chi connectivity index (χ2v) is 5.64. The minimum atomic E-state index is -0.525. The Bertz CT molecular complexity index is 539. The molecular weight excluding hydrogens is 293 g/mol. The molecule has 106 valence electrons. The number of aliphatic hydroxyl groups excluding tert-OH is 1. The first-order chi connectivity index (χ1) is 9.58. The van der Waals surface area contributed by atoms with Crippen molar-refractivity contribution < 1.29 is 5.11 Å². The maximum atomic E-state index is 10.2. The van der Waals surface area contributed by atoms with Crippen molar-refractivity contribution in [3.05, 3.63) is 69.7 Å². The first-order valence-electron chi connectivity index (χ1n) is 6.42. The molecule has 2 aromatic carbocycles. The summed E-state index contributed by atoms with van der Waals surface area (Å²) in [6.07, 6.45) is -0.525. The predicted octanol–water partition coefficient (Wildman–Crippen LogP) is 4.16. The van der Waals surface area contributed by atoms with Crippen molar-refractivity contribution in [3.63, 3.8) is 0 Å². The zero-order valence-electron chi connectivity index (χ0n) is 11.3. The van der Waals surface area contributed by atoms with Gasteiger partial charge in [-0.3, -0.25) is 4.90 Å². The van der Waals surface area contributed by atoms with Gasteiger partial charge in [-0.2, -0.15) is 0 Å². The van der Waals surface area contributed by atoms with E-state index in [9.17, 15) is 5.11 Å². The Morgan fingerprint density at radius 1 is 1.00 bits per heavy atom. The van der Waals surface area contributed by atoms with Crippen LogP contribution < -0.4 is 0 Å². The Morgan fingerprint density at radius 2 is 1.60 bits per heavy atom. The van der Waals surface area contributed by atoms with Crippen molar-refractivity contribution in [2.45, 2.75) is 12.6 Å². The van der Waals surface area contributed by atoms with Gasteiger partial charge in [0.05, 0.1) is 6.10 Å². The molecule has 0 aromatic heterocycles. The minimum Gasteiger partial charge on any atom is -0.387 e. The van der Waals surface area contributed by atoms with Crippen molar-refractivity contribution in [1.29, 1.82) is 0 Å². The maximum absolute atomic E-state index is 10.2. The molecule has 0 saturated heterocycles. The van der Waals surface area contributed by atoms with Gasteiger partial charge in [-0.25, -0.2) is 0 Å². The van der Waals surface area contributed by atoms with Crippen LogP contribution in [0.15, 0.2) is 48.5 Å². The standard InChI is InChI=1S/C16H17Cl2NO/c1-19(10-13-14(17)8-5-9-15(13)18)11-16(20)12-6-3-2-4-7-12/h2-9,16,20H,10-11H2,1H3/t16-/m0/s1. The van der Waals surface area contributed by atoms with Gasteiger partial charge in [0, 0.05) is 28.7 Å². The quantitative estimate of drug-likeness (QED) is 0.896. The zero-order valence-corrected chi connectivity index (χ0v) is 12.8. The molecule has 0 aliphatic rings. The Hall–Kier alpha value is -1.06. The highest BCUT2D eigenvalue weighted by molar-refractivity contribution is 6.35. The Labute approximate surface area is 129 Å². The molecule has 0 fully saturated rings. The van der Waals surface area contributed by atoms with E-state index in [1.807, 2.05) is 60.5 Å². The SMILES string of the molecule is CN(Cc1c(Cl)cccc1Cl)C[C@H](O)c1ccccc1. The number of hydrogen-bond donors (Lipinski definition) is 1. The molecule has 2 nitrogen and oxygen atoms in total. The van der Waals surface area contributed by atoms with Gasteiger partial charge in [-0.05, 0) is 24.7 Å². The monoisotopic (exact) mass is 309 g/mol. The van der Waals surface area contributed by atoms with E-state index in [1.165, 1.54) is 0 Å². The molecule has 0 saturated carbocycles. The van der Waals surface area contributed by atoms with E-state index in [-0.39, 0.29) is 0 Å². The molecule has 2 rings (SSSR count). The summed E-state index contributed by atoms with van der Waals surface area (Å²) in [6, 6.07) is 15.1. The molecule has 0 spiro atoms. The molecule has 20 heavy (non-hydrogen) atoms. The van der Waals surface area contributed by atoms with Gasteiger partial charge in [0.1, 0.15) is 0 Å². The van der Waals surface area contributed by atoms with E-state index in [4.69, 9.17) is 23.2 Å². The molecule has 1 N–H and O–H groups in total. The number of hydrogen-bond acceptors (Lipinski definition) is 2. The van der Waals surface area contributed by atoms with Crippen LogP contribution in [0, 0.1) is 0 Å². The van der Waals surface area contributed by atoms with Gasteiger partial charge in [0.25, 0.3) is 0 Å². The van der Waals surface area contributed by atoms with E-state index in [0.29, 0.717) is 23.1 Å². The van der Waals surface area contributed by atoms with Crippen molar-refractivity contribution in [1.82, 2.24) is 4.90 Å². The Balaban J connectivity index is 2.01. The third kappa shape index (κ3) is 3.97. The van der Waals surface area contributed by atoms with Gasteiger partial charge in [-0.15, -0.1) is 0 Å². The summed E-state index contributed by atoms with van der Waals surface area (Å²) < 4.78 is 0. The van der Waals surface area contributed by atoms with Crippen LogP contribution in [-0.4, -0.2) is 23.6 Å². The van der Waals surface area contributed by atoms with Crippen molar-refractivity contribution in [3.8, 4) is 0 Å². The van der Waals surface area contributed by atoms with E-state index in [1.54, 1.807) is 0 Å². The minimum absolute atomic E-state index is 0.519. The van der Waals surface area contributed by atoms with Crippen molar-refractivity contribution in [2.75, 3.05) is 13.6 Å². The molecular formula is C16H17Cl2NO. The Kier molecular flexibility index (Phi) is 5.44. The third-order valence-corrected chi connectivity index (χ3v) is 3.87. The van der Waals surface area contributed by atoms with Gasteiger partial charge >= 0.3 is 0 Å². The first kappa shape index (κ1) is 15.3. The lowest BCUT2D eigenvalue weighted by molar-refractivity contribution is 0.124. The van der Waals surface area contributed by atoms with Crippen LogP contribution in [0.25, 0.3) is 0 Å². The highest BCUT2D eigenvalue weighted by atomic mass is 35.5. The average Bonchev–Trinajstić information content (AvgIpc) is 2.44. The summed E-state index contributed by atoms with van der Waals surface area (Å²) in [5.41, 5.74) is 1.79. The second-order valence-electron chi connectivity index (χ2n) is 4.82. The maximum Gasteiger partial charge on any atom is 0.0916 e. The molecule has 0 heterocycles. The van der Waals surface area contributed by atoms with Gasteiger partial charge < -0.3 is 5.11 Å². The van der Waals surface area contributed by atoms with Gasteiger partial charge in [0.2, 0.25) is 0 Å². The van der Waals surface area contributed by atoms with E-state index in [0.717, 1.165) is 11.1 Å². The largest absolute Gasteiger partial charge is 0.387 e. The lowest BCUT2D eigenvalue weighted by Crippen LogP contribution is -2.24. The van der Waals surface area contributed by atoms with Crippen LogP contribution in [0.5, 0.6) is 0 Å². The molecule has 4 heteroatoms. The molecule has 0 aliphatic carbocycles. The van der Waals surface area contributed by atoms with E-state index in [2.05, 4.69) is 0 Å². The molecule has 0 amide bonds. The van der Waals surface area contributed by atoms with Gasteiger partial charge in [-0.1, -0.05) is 59.6 Å². The number of likely N-dealkylation sites (N-methyl/N-ethyl adjacent to an activating group) is 1. The summed E-state index contributed by atoms with van der Waals surface area (Å²) in [6.45, 7) is 1.12. The van der Waals surface area contributed by atoms with E-state index < -0.39 is 6.10 Å². The number of rotatable bonds is 5. The normalized spacial score (nSPS) is 12.7. The topological polar surface area (TPSA) is 23.5 Å². The summed E-state index contributed by atoms with van der Waals surface area (Å²) in [5, 5.41) is 11.5. The molecule has 2 aromatic rings. The molecule has 0 aliphatic heterocycles. The van der Waals surface area contributed by atoms with Crippen LogP contribution in [0.2, 0.25) is 10.0 Å². The lowest BCUT2D eigenvalue weighted by Gasteiger charge is -2.22. The van der Waals surface area contributed by atoms with Crippen LogP contribution in [0.3, 0.4) is 0 Å². The smallest absolute Gasteiger partial charge is 0.0916 e. The van der Waals surface area contributed by atoms with Crippen LogP contribution in [0.1, 0.15) is 17.2 Å². The summed E-state index contributed by atoms with van der Waals surface area (Å²) in [4.78, 5) is 2.00. The summed E-state index contributed by atoms with van der Waals surface area (Å²) in [5.74, 6) is 0. The molecule has 0 bridgehead atoms.